The smallest absolute Gasteiger partial charge is 0.222 e. The summed E-state index contributed by atoms with van der Waals surface area (Å²) in [5.41, 5.74) is 6.05. The maximum atomic E-state index is 11.4. The van der Waals surface area contributed by atoms with E-state index in [1.807, 2.05) is 4.90 Å². The van der Waals surface area contributed by atoms with Crippen molar-refractivity contribution < 1.29 is 4.79 Å². The molecule has 74 valence electrons. The van der Waals surface area contributed by atoms with E-state index in [0.717, 1.165) is 32.5 Å². The lowest BCUT2D eigenvalue weighted by Crippen LogP contribution is -2.47. The number of likely N-dealkylation sites (tertiary alicyclic amines) is 1. The molecular formula is C10H18N2O. The predicted molar refractivity (Wildman–Crippen MR) is 51.2 cm³/mol. The lowest BCUT2D eigenvalue weighted by molar-refractivity contribution is -0.129. The summed E-state index contributed by atoms with van der Waals surface area (Å²) in [5, 5.41) is 0. The fourth-order valence-electron chi connectivity index (χ4n) is 2.38. The molecule has 0 aromatic rings. The molecule has 1 saturated heterocycles. The second kappa shape index (κ2) is 3.29. The van der Waals surface area contributed by atoms with Gasteiger partial charge < -0.3 is 10.6 Å². The van der Waals surface area contributed by atoms with E-state index in [-0.39, 0.29) is 0 Å². The van der Waals surface area contributed by atoms with E-state index < -0.39 is 0 Å². The minimum absolute atomic E-state index is 0.292. The molecule has 0 aromatic carbocycles. The zero-order chi connectivity index (χ0) is 9.31. The monoisotopic (exact) mass is 182 g/mol. The fraction of sp³-hybridized carbons (Fsp3) is 0.900. The molecule has 3 nitrogen and oxygen atoms in total. The van der Waals surface area contributed by atoms with Gasteiger partial charge in [-0.25, -0.2) is 0 Å². The Morgan fingerprint density at radius 1 is 1.38 bits per heavy atom. The molecule has 0 atom stereocenters. The van der Waals surface area contributed by atoms with Crippen molar-refractivity contribution in [2.75, 3.05) is 19.6 Å². The zero-order valence-electron chi connectivity index (χ0n) is 8.09. The molecule has 13 heavy (non-hydrogen) atoms. The third kappa shape index (κ3) is 1.57. The molecule has 0 unspecified atom stereocenters. The third-order valence-electron chi connectivity index (χ3n) is 3.54. The first-order valence-corrected chi connectivity index (χ1v) is 5.24. The second-order valence-electron chi connectivity index (χ2n) is 4.48. The van der Waals surface area contributed by atoms with Crippen LogP contribution in [0.15, 0.2) is 0 Å². The first-order chi connectivity index (χ1) is 6.26. The van der Waals surface area contributed by atoms with Crippen molar-refractivity contribution in [2.45, 2.75) is 32.1 Å². The number of nitrogens with zero attached hydrogens (tertiary/aromatic N) is 1. The van der Waals surface area contributed by atoms with Gasteiger partial charge in [0, 0.05) is 24.9 Å². The summed E-state index contributed by atoms with van der Waals surface area (Å²) in [6.07, 6.45) is 5.51. The van der Waals surface area contributed by atoms with Crippen LogP contribution in [0, 0.1) is 5.41 Å². The van der Waals surface area contributed by atoms with Crippen LogP contribution in [0.4, 0.5) is 0 Å². The zero-order valence-corrected chi connectivity index (χ0v) is 8.09. The van der Waals surface area contributed by atoms with Crippen molar-refractivity contribution in [3.8, 4) is 0 Å². The highest BCUT2D eigenvalue weighted by atomic mass is 16.2. The van der Waals surface area contributed by atoms with Gasteiger partial charge in [-0.15, -0.1) is 0 Å². The van der Waals surface area contributed by atoms with Crippen LogP contribution >= 0.6 is 0 Å². The standard InChI is InChI=1S/C10H18N2O/c11-7-10(4-2-5-10)8-12-6-1-3-9(12)13/h1-8,11H2. The molecule has 1 amide bonds. The van der Waals surface area contributed by atoms with Gasteiger partial charge in [-0.1, -0.05) is 6.42 Å². The summed E-state index contributed by atoms with van der Waals surface area (Å²) in [4.78, 5) is 13.4. The van der Waals surface area contributed by atoms with Gasteiger partial charge in [-0.3, -0.25) is 4.79 Å². The minimum atomic E-state index is 0.292. The van der Waals surface area contributed by atoms with E-state index >= 15 is 0 Å². The number of rotatable bonds is 3. The van der Waals surface area contributed by atoms with E-state index in [2.05, 4.69) is 0 Å². The van der Waals surface area contributed by atoms with Crippen LogP contribution in [0.2, 0.25) is 0 Å². The summed E-state index contributed by atoms with van der Waals surface area (Å²) in [5.74, 6) is 0.333. The van der Waals surface area contributed by atoms with Crippen molar-refractivity contribution in [3.63, 3.8) is 0 Å². The van der Waals surface area contributed by atoms with Crippen LogP contribution in [0.25, 0.3) is 0 Å². The molecule has 1 saturated carbocycles. The Bertz CT molecular complexity index is 205. The van der Waals surface area contributed by atoms with Crippen molar-refractivity contribution in [2.24, 2.45) is 11.1 Å². The quantitative estimate of drug-likeness (QED) is 0.699. The van der Waals surface area contributed by atoms with Crippen molar-refractivity contribution >= 4 is 5.91 Å². The Hall–Kier alpha value is -0.570. The molecule has 1 aliphatic heterocycles. The maximum Gasteiger partial charge on any atom is 0.222 e. The highest BCUT2D eigenvalue weighted by molar-refractivity contribution is 5.78. The summed E-state index contributed by atoms with van der Waals surface area (Å²) >= 11 is 0. The summed E-state index contributed by atoms with van der Waals surface area (Å²) < 4.78 is 0. The molecule has 2 fully saturated rings. The number of amides is 1. The Labute approximate surface area is 79.3 Å². The van der Waals surface area contributed by atoms with Crippen LogP contribution in [0.5, 0.6) is 0 Å². The summed E-state index contributed by atoms with van der Waals surface area (Å²) in [7, 11) is 0. The van der Waals surface area contributed by atoms with Crippen LogP contribution < -0.4 is 5.73 Å². The highest BCUT2D eigenvalue weighted by Gasteiger charge is 2.39. The van der Waals surface area contributed by atoms with Gasteiger partial charge in [0.1, 0.15) is 0 Å². The Morgan fingerprint density at radius 2 is 2.15 bits per heavy atom. The van der Waals surface area contributed by atoms with E-state index in [1.165, 1.54) is 19.3 Å². The maximum absolute atomic E-state index is 11.4. The van der Waals surface area contributed by atoms with Gasteiger partial charge in [0.05, 0.1) is 0 Å². The van der Waals surface area contributed by atoms with Gasteiger partial charge in [0.2, 0.25) is 5.91 Å². The van der Waals surface area contributed by atoms with Gasteiger partial charge in [-0.05, 0) is 25.8 Å². The van der Waals surface area contributed by atoms with Crippen LogP contribution in [-0.2, 0) is 4.79 Å². The number of carbonyl (C=O) groups excluding carboxylic acids is 1. The van der Waals surface area contributed by atoms with E-state index in [0.29, 0.717) is 11.3 Å². The molecule has 0 bridgehead atoms. The SMILES string of the molecule is NCC1(CN2CCCC2=O)CCC1. The van der Waals surface area contributed by atoms with E-state index in [1.54, 1.807) is 0 Å². The first kappa shape index (κ1) is 9.00. The number of nitrogens with two attached hydrogens (primary N) is 1. The Morgan fingerprint density at radius 3 is 2.54 bits per heavy atom. The van der Waals surface area contributed by atoms with Crippen molar-refractivity contribution in [1.82, 2.24) is 4.90 Å². The molecule has 2 rings (SSSR count). The van der Waals surface area contributed by atoms with Gasteiger partial charge >= 0.3 is 0 Å². The normalized spacial score (nSPS) is 26.2. The van der Waals surface area contributed by atoms with Gasteiger partial charge in [0.25, 0.3) is 0 Å². The lowest BCUT2D eigenvalue weighted by Gasteiger charge is -2.43. The average Bonchev–Trinajstić information content (AvgIpc) is 2.44. The third-order valence-corrected chi connectivity index (χ3v) is 3.54. The van der Waals surface area contributed by atoms with Crippen LogP contribution in [0.3, 0.4) is 0 Å². The predicted octanol–water partition coefficient (Wildman–Crippen LogP) is 0.738. The Balaban J connectivity index is 1.92. The van der Waals surface area contributed by atoms with Crippen molar-refractivity contribution in [1.29, 1.82) is 0 Å². The van der Waals surface area contributed by atoms with E-state index in [4.69, 9.17) is 5.73 Å². The molecule has 1 aliphatic carbocycles. The molecule has 1 heterocycles. The average molecular weight is 182 g/mol. The Kier molecular flexibility index (Phi) is 2.28. The topological polar surface area (TPSA) is 46.3 Å². The number of hydrogen-bond acceptors (Lipinski definition) is 2. The largest absolute Gasteiger partial charge is 0.342 e. The van der Waals surface area contributed by atoms with Crippen LogP contribution in [0.1, 0.15) is 32.1 Å². The number of carbonyl (C=O) groups is 1. The second-order valence-corrected chi connectivity index (χ2v) is 4.48. The fourth-order valence-corrected chi connectivity index (χ4v) is 2.38. The van der Waals surface area contributed by atoms with Crippen molar-refractivity contribution in [3.05, 3.63) is 0 Å². The molecule has 0 aromatic heterocycles. The van der Waals surface area contributed by atoms with Gasteiger partial charge in [-0.2, -0.15) is 0 Å². The van der Waals surface area contributed by atoms with E-state index in [9.17, 15) is 4.79 Å². The summed E-state index contributed by atoms with van der Waals surface area (Å²) in [6.45, 7) is 2.62. The molecule has 2 N–H and O–H groups in total. The van der Waals surface area contributed by atoms with Crippen LogP contribution in [-0.4, -0.2) is 30.4 Å². The summed E-state index contributed by atoms with van der Waals surface area (Å²) in [6, 6.07) is 0. The number of hydrogen-bond donors (Lipinski definition) is 1. The molecular weight excluding hydrogens is 164 g/mol. The highest BCUT2D eigenvalue weighted by Crippen LogP contribution is 2.41. The first-order valence-electron chi connectivity index (χ1n) is 5.24. The lowest BCUT2D eigenvalue weighted by atomic mass is 9.68. The molecule has 3 heteroatoms. The molecule has 0 radical (unpaired) electrons. The van der Waals surface area contributed by atoms with Gasteiger partial charge in [0.15, 0.2) is 0 Å². The molecule has 2 aliphatic rings. The minimum Gasteiger partial charge on any atom is -0.342 e. The molecule has 0 spiro atoms.